The maximum atomic E-state index is 13.6. The van der Waals surface area contributed by atoms with Crippen molar-refractivity contribution in [3.05, 3.63) is 0 Å². The topological polar surface area (TPSA) is 54.4 Å². The number of halogens is 18. The average molecular weight is 546 g/mol. The van der Waals surface area contributed by atoms with Crippen LogP contribution in [-0.2, 0) is 10.1 Å². The zero-order valence-electron chi connectivity index (χ0n) is 13.8. The van der Waals surface area contributed by atoms with Crippen molar-refractivity contribution in [2.75, 3.05) is 0 Å². The van der Waals surface area contributed by atoms with Gasteiger partial charge in [-0.2, -0.15) is 87.4 Å². The van der Waals surface area contributed by atoms with Crippen LogP contribution in [0.2, 0.25) is 0 Å². The first-order valence-electron chi connectivity index (χ1n) is 6.70. The molecule has 0 aliphatic heterocycles. The van der Waals surface area contributed by atoms with Crippen LogP contribution in [0, 0.1) is 0 Å². The first kappa shape index (κ1) is 30.6. The van der Waals surface area contributed by atoms with Crippen molar-refractivity contribution in [1.82, 2.24) is 0 Å². The third kappa shape index (κ3) is 4.52. The monoisotopic (exact) mass is 546 g/mol. The molecule has 32 heavy (non-hydrogen) atoms. The van der Waals surface area contributed by atoms with E-state index in [1.165, 1.54) is 0 Å². The number of alkyl halides is 18. The second kappa shape index (κ2) is 7.58. The Morgan fingerprint density at radius 2 is 0.812 bits per heavy atom. The molecule has 3 nitrogen and oxygen atoms in total. The van der Waals surface area contributed by atoms with Gasteiger partial charge < -0.3 is 0 Å². The zero-order chi connectivity index (χ0) is 26.8. The van der Waals surface area contributed by atoms with Gasteiger partial charge >= 0.3 is 47.9 Å². The molecule has 1 atom stereocenters. The average Bonchev–Trinajstić information content (AvgIpc) is 2.48. The molecule has 0 saturated heterocycles. The number of hydrogen-bond acceptors (Lipinski definition) is 2. The fourth-order valence-electron chi connectivity index (χ4n) is 1.78. The van der Waals surface area contributed by atoms with Gasteiger partial charge in [-0.3, -0.25) is 4.55 Å². The summed E-state index contributed by atoms with van der Waals surface area (Å²) in [6.45, 7) is 0. The summed E-state index contributed by atoms with van der Waals surface area (Å²) in [5.41, 5.74) is 0. The Bertz CT molecular complexity index is 791. The van der Waals surface area contributed by atoms with Gasteiger partial charge in [0, 0.05) is 6.42 Å². The molecule has 0 radical (unpaired) electrons. The molecule has 0 spiro atoms. The minimum Gasteiger partial charge on any atom is -0.285 e. The number of rotatable bonds is 8. The minimum atomic E-state index is -8.16. The minimum absolute atomic E-state index is 4.60. The van der Waals surface area contributed by atoms with Gasteiger partial charge in [0.15, 0.2) is 5.25 Å². The highest BCUT2D eigenvalue weighted by Gasteiger charge is 2.86. The van der Waals surface area contributed by atoms with Crippen LogP contribution < -0.4 is 0 Å². The fourth-order valence-corrected chi connectivity index (χ4v) is 2.72. The van der Waals surface area contributed by atoms with Crippen molar-refractivity contribution in [3.8, 4) is 0 Å². The Kier molecular flexibility index (Phi) is 7.26. The zero-order valence-corrected chi connectivity index (χ0v) is 14.6. The van der Waals surface area contributed by atoms with Gasteiger partial charge in [0.2, 0.25) is 0 Å². The molecule has 0 saturated carbocycles. The van der Waals surface area contributed by atoms with Crippen molar-refractivity contribution < 1.29 is 92.0 Å². The molecule has 0 rings (SSSR count). The Balaban J connectivity index is 6.81. The van der Waals surface area contributed by atoms with Gasteiger partial charge in [-0.15, -0.1) is 0 Å². The molecule has 0 aliphatic carbocycles. The van der Waals surface area contributed by atoms with Gasteiger partial charge in [0.25, 0.3) is 10.1 Å². The van der Waals surface area contributed by atoms with Crippen LogP contribution in [0.1, 0.15) is 6.42 Å². The molecule has 194 valence electrons. The highest BCUT2D eigenvalue weighted by molar-refractivity contribution is 7.86. The van der Waals surface area contributed by atoms with E-state index < -0.39 is 69.7 Å². The van der Waals surface area contributed by atoms with E-state index in [0.717, 1.165) is 0 Å². The molecule has 0 amide bonds. The summed E-state index contributed by atoms with van der Waals surface area (Å²) in [5, 5.41) is -5.87. The smallest absolute Gasteiger partial charge is 0.285 e. The Labute approximate surface area is 163 Å². The molecule has 0 bridgehead atoms. The van der Waals surface area contributed by atoms with Crippen LogP contribution in [0.25, 0.3) is 0 Å². The Hall–Kier alpha value is -1.35. The quantitative estimate of drug-likeness (QED) is 0.320. The molecule has 0 aromatic carbocycles. The SMILES string of the molecule is O=S(=O)(O)C(CC(F)(F)C(F)(F)C(F)(F)C(F)(F)F)C(F)(F)C(F)(F)C(F)(F)C(F)(F)F. The Morgan fingerprint density at radius 3 is 1.06 bits per heavy atom. The third-order valence-electron chi connectivity index (χ3n) is 3.58. The van der Waals surface area contributed by atoms with E-state index in [1.807, 2.05) is 0 Å². The van der Waals surface area contributed by atoms with Gasteiger partial charge in [-0.05, 0) is 0 Å². The highest BCUT2D eigenvalue weighted by atomic mass is 32.2. The van der Waals surface area contributed by atoms with Gasteiger partial charge in [-0.25, -0.2) is 0 Å². The first-order chi connectivity index (χ1) is 13.3. The third-order valence-corrected chi connectivity index (χ3v) is 4.77. The van der Waals surface area contributed by atoms with Crippen molar-refractivity contribution in [2.45, 2.75) is 59.6 Å². The van der Waals surface area contributed by atoms with Crippen LogP contribution in [0.5, 0.6) is 0 Å². The molecular formula is C10H4F18O3S. The predicted molar refractivity (Wildman–Crippen MR) is 61.7 cm³/mol. The molecule has 0 aliphatic rings. The van der Waals surface area contributed by atoms with Gasteiger partial charge in [0.05, 0.1) is 0 Å². The molecule has 0 aromatic rings. The standard InChI is InChI=1S/C10H4F18O3S/c11-3(12,5(15,16)7(19,20)9(23,24)25)1-2(32(29,30)31)4(13,14)6(17,18)8(21,22)10(26,27)28/h2H,1H2,(H,29,30,31). The maximum absolute atomic E-state index is 13.6. The summed E-state index contributed by atoms with van der Waals surface area (Å²) in [6, 6.07) is 0. The van der Waals surface area contributed by atoms with Crippen LogP contribution >= 0.6 is 0 Å². The summed E-state index contributed by atoms with van der Waals surface area (Å²) >= 11 is 0. The lowest BCUT2D eigenvalue weighted by Crippen LogP contribution is -2.67. The second-order valence-corrected chi connectivity index (χ2v) is 7.43. The van der Waals surface area contributed by atoms with Crippen LogP contribution in [-0.4, -0.2) is 66.1 Å². The summed E-state index contributed by atoms with van der Waals surface area (Å²) in [7, 11) is -7.56. The van der Waals surface area contributed by atoms with Gasteiger partial charge in [-0.1, -0.05) is 0 Å². The Morgan fingerprint density at radius 1 is 0.531 bits per heavy atom. The summed E-state index contributed by atoms with van der Waals surface area (Å²) in [5.74, 6) is -47.4. The lowest BCUT2D eigenvalue weighted by molar-refractivity contribution is -0.405. The number of hydrogen-bond donors (Lipinski definition) is 1. The molecule has 0 heterocycles. The first-order valence-corrected chi connectivity index (χ1v) is 8.21. The molecule has 0 aromatic heterocycles. The van der Waals surface area contributed by atoms with E-state index in [2.05, 4.69) is 0 Å². The van der Waals surface area contributed by atoms with Crippen molar-refractivity contribution in [1.29, 1.82) is 0 Å². The lowest BCUT2D eigenvalue weighted by Gasteiger charge is -2.39. The fraction of sp³-hybridized carbons (Fsp3) is 1.00. The van der Waals surface area contributed by atoms with Crippen LogP contribution in [0.15, 0.2) is 0 Å². The largest absolute Gasteiger partial charge is 0.460 e. The van der Waals surface area contributed by atoms with E-state index in [0.29, 0.717) is 0 Å². The molecular weight excluding hydrogens is 542 g/mol. The van der Waals surface area contributed by atoms with E-state index in [9.17, 15) is 87.4 Å². The predicted octanol–water partition coefficient (Wildman–Crippen LogP) is 5.57. The van der Waals surface area contributed by atoms with E-state index in [4.69, 9.17) is 4.55 Å². The van der Waals surface area contributed by atoms with Gasteiger partial charge in [0.1, 0.15) is 0 Å². The van der Waals surface area contributed by atoms with Crippen molar-refractivity contribution in [2.24, 2.45) is 0 Å². The van der Waals surface area contributed by atoms with E-state index in [1.54, 1.807) is 0 Å². The highest BCUT2D eigenvalue weighted by Crippen LogP contribution is 2.58. The maximum Gasteiger partial charge on any atom is 0.460 e. The van der Waals surface area contributed by atoms with E-state index in [-0.39, 0.29) is 0 Å². The molecule has 22 heteroatoms. The summed E-state index contributed by atoms with van der Waals surface area (Å²) in [6.07, 6.45) is -19.9. The van der Waals surface area contributed by atoms with Crippen LogP contribution in [0.4, 0.5) is 79.0 Å². The normalized spacial score (nSPS) is 17.5. The molecule has 1 unspecified atom stereocenters. The summed E-state index contributed by atoms with van der Waals surface area (Å²) in [4.78, 5) is 0. The molecule has 1 N–H and O–H groups in total. The van der Waals surface area contributed by atoms with Crippen LogP contribution in [0.3, 0.4) is 0 Å². The van der Waals surface area contributed by atoms with E-state index >= 15 is 0 Å². The summed E-state index contributed by atoms with van der Waals surface area (Å²) < 4.78 is 258. The van der Waals surface area contributed by atoms with Crippen molar-refractivity contribution in [3.63, 3.8) is 0 Å². The lowest BCUT2D eigenvalue weighted by atomic mass is 9.93. The second-order valence-electron chi connectivity index (χ2n) is 5.83. The molecule has 0 fully saturated rings. The van der Waals surface area contributed by atoms with Crippen molar-refractivity contribution >= 4 is 10.1 Å².